The summed E-state index contributed by atoms with van der Waals surface area (Å²) in [7, 11) is 1.89. The lowest BCUT2D eigenvalue weighted by Gasteiger charge is -2.38. The predicted octanol–water partition coefficient (Wildman–Crippen LogP) is 3.70. The Morgan fingerprint density at radius 3 is 2.53 bits per heavy atom. The van der Waals surface area contributed by atoms with Crippen LogP contribution in [0.4, 0.5) is 0 Å². The summed E-state index contributed by atoms with van der Waals surface area (Å²) in [6.07, 6.45) is 8.04. The van der Waals surface area contributed by atoms with E-state index in [2.05, 4.69) is 62.7 Å². The highest BCUT2D eigenvalue weighted by atomic mass is 127. The molecule has 1 saturated heterocycles. The molecule has 2 unspecified atom stereocenters. The molecule has 1 aliphatic heterocycles. The van der Waals surface area contributed by atoms with Gasteiger partial charge in [0.1, 0.15) is 0 Å². The second kappa shape index (κ2) is 11.7. The zero-order valence-electron chi connectivity index (χ0n) is 18.7. The summed E-state index contributed by atoms with van der Waals surface area (Å²) in [6.45, 7) is 8.01. The molecule has 1 aromatic rings. The third kappa shape index (κ3) is 7.38. The van der Waals surface area contributed by atoms with Crippen LogP contribution in [-0.4, -0.2) is 67.1 Å². The van der Waals surface area contributed by atoms with Crippen LogP contribution in [0.25, 0.3) is 0 Å². The van der Waals surface area contributed by atoms with E-state index >= 15 is 0 Å². The summed E-state index contributed by atoms with van der Waals surface area (Å²) in [5, 5.41) is 7.26. The normalized spacial score (nSPS) is 25.1. The Hall–Kier alpha value is -0.860. The van der Waals surface area contributed by atoms with Gasteiger partial charge in [0.25, 0.3) is 0 Å². The van der Waals surface area contributed by atoms with E-state index < -0.39 is 0 Å². The van der Waals surface area contributed by atoms with Crippen molar-refractivity contribution in [3.63, 3.8) is 0 Å². The van der Waals surface area contributed by atoms with Crippen molar-refractivity contribution >= 4 is 29.9 Å². The van der Waals surface area contributed by atoms with Crippen molar-refractivity contribution in [3.05, 3.63) is 35.9 Å². The molecule has 2 aliphatic carbocycles. The fraction of sp³-hybridized carbons (Fsp3) is 0.708. The van der Waals surface area contributed by atoms with E-state index in [1.165, 1.54) is 50.6 Å². The molecule has 168 valence electrons. The lowest BCUT2D eigenvalue weighted by molar-refractivity contribution is 0.134. The average molecular weight is 526 g/mol. The molecule has 2 atom stereocenters. The molecule has 2 N–H and O–H groups in total. The Labute approximate surface area is 200 Å². The van der Waals surface area contributed by atoms with Crippen LogP contribution in [0.1, 0.15) is 51.0 Å². The molecule has 0 radical (unpaired) electrons. The first kappa shape index (κ1) is 23.8. The highest BCUT2D eigenvalue weighted by molar-refractivity contribution is 14.0. The molecule has 1 aromatic carbocycles. The molecular formula is C24H40IN5. The van der Waals surface area contributed by atoms with Gasteiger partial charge >= 0.3 is 0 Å². The summed E-state index contributed by atoms with van der Waals surface area (Å²) in [4.78, 5) is 9.80. The highest BCUT2D eigenvalue weighted by Crippen LogP contribution is 2.34. The SMILES string of the molecule is CN=C(NCCN(CC1CC1)C1CC1)NC1CCN(Cc2ccccc2)C(C)C1.I. The number of halogens is 1. The molecule has 0 amide bonds. The molecule has 6 heteroatoms. The molecule has 3 aliphatic rings. The van der Waals surface area contributed by atoms with E-state index in [1.807, 2.05) is 7.05 Å². The van der Waals surface area contributed by atoms with Crippen LogP contribution in [0, 0.1) is 5.92 Å². The number of nitrogens with one attached hydrogen (secondary N) is 2. The van der Waals surface area contributed by atoms with E-state index in [9.17, 15) is 0 Å². The van der Waals surface area contributed by atoms with Crippen molar-refractivity contribution in [2.24, 2.45) is 10.9 Å². The zero-order chi connectivity index (χ0) is 20.1. The van der Waals surface area contributed by atoms with Gasteiger partial charge in [-0.2, -0.15) is 0 Å². The number of guanidine groups is 1. The monoisotopic (exact) mass is 525 g/mol. The van der Waals surface area contributed by atoms with Crippen molar-refractivity contribution in [1.29, 1.82) is 0 Å². The zero-order valence-corrected chi connectivity index (χ0v) is 21.1. The fourth-order valence-corrected chi connectivity index (χ4v) is 4.61. The minimum Gasteiger partial charge on any atom is -0.355 e. The number of benzene rings is 1. The summed E-state index contributed by atoms with van der Waals surface area (Å²) < 4.78 is 0. The van der Waals surface area contributed by atoms with Gasteiger partial charge < -0.3 is 10.6 Å². The van der Waals surface area contributed by atoms with Gasteiger partial charge in [-0.25, -0.2) is 0 Å². The standard InChI is InChI=1S/C24H39N5.HI/c1-19-16-22(12-14-28(19)17-20-6-4-3-5-7-20)27-24(25-2)26-13-15-29(23-10-11-23)18-21-8-9-21;/h3-7,19,21-23H,8-18H2,1-2H3,(H2,25,26,27);1H. The molecule has 3 fully saturated rings. The minimum atomic E-state index is 0. The maximum Gasteiger partial charge on any atom is 0.191 e. The van der Waals surface area contributed by atoms with Crippen molar-refractivity contribution in [3.8, 4) is 0 Å². The number of piperidine rings is 1. The Balaban J connectivity index is 0.00000256. The van der Waals surface area contributed by atoms with Gasteiger partial charge in [0.2, 0.25) is 0 Å². The Kier molecular flexibility index (Phi) is 9.26. The topological polar surface area (TPSA) is 42.9 Å². The maximum atomic E-state index is 4.49. The van der Waals surface area contributed by atoms with Gasteiger partial charge in [0, 0.05) is 57.9 Å². The van der Waals surface area contributed by atoms with Crippen molar-refractivity contribution in [2.75, 3.05) is 33.2 Å². The fourth-order valence-electron chi connectivity index (χ4n) is 4.61. The second-order valence-corrected chi connectivity index (χ2v) is 9.34. The highest BCUT2D eigenvalue weighted by Gasteiger charge is 2.33. The smallest absolute Gasteiger partial charge is 0.191 e. The van der Waals surface area contributed by atoms with Crippen LogP contribution in [-0.2, 0) is 6.54 Å². The molecular weight excluding hydrogens is 485 g/mol. The van der Waals surface area contributed by atoms with Crippen molar-refractivity contribution in [2.45, 2.75) is 70.1 Å². The number of nitrogens with zero attached hydrogens (tertiary/aromatic N) is 3. The predicted molar refractivity (Wildman–Crippen MR) is 137 cm³/mol. The summed E-state index contributed by atoms with van der Waals surface area (Å²) in [6, 6.07) is 12.8. The second-order valence-electron chi connectivity index (χ2n) is 9.34. The number of hydrogen-bond acceptors (Lipinski definition) is 3. The molecule has 4 rings (SSSR count). The molecule has 5 nitrogen and oxygen atoms in total. The molecule has 0 aromatic heterocycles. The van der Waals surface area contributed by atoms with Crippen LogP contribution < -0.4 is 10.6 Å². The van der Waals surface area contributed by atoms with Gasteiger partial charge in [-0.15, -0.1) is 24.0 Å². The van der Waals surface area contributed by atoms with Crippen molar-refractivity contribution < 1.29 is 0 Å². The first-order valence-electron chi connectivity index (χ1n) is 11.7. The first-order valence-corrected chi connectivity index (χ1v) is 11.7. The molecule has 0 bridgehead atoms. The first-order chi connectivity index (χ1) is 14.2. The van der Waals surface area contributed by atoms with E-state index in [0.717, 1.165) is 44.1 Å². The Morgan fingerprint density at radius 2 is 1.90 bits per heavy atom. The van der Waals surface area contributed by atoms with Crippen LogP contribution in [0.15, 0.2) is 35.3 Å². The van der Waals surface area contributed by atoms with Crippen LogP contribution in [0.5, 0.6) is 0 Å². The number of likely N-dealkylation sites (tertiary alicyclic amines) is 1. The molecule has 2 saturated carbocycles. The van der Waals surface area contributed by atoms with E-state index in [-0.39, 0.29) is 24.0 Å². The van der Waals surface area contributed by atoms with E-state index in [4.69, 9.17) is 0 Å². The van der Waals surface area contributed by atoms with Gasteiger partial charge in [0.15, 0.2) is 5.96 Å². The van der Waals surface area contributed by atoms with Crippen LogP contribution >= 0.6 is 24.0 Å². The van der Waals surface area contributed by atoms with Gasteiger partial charge in [0.05, 0.1) is 0 Å². The minimum absolute atomic E-state index is 0. The molecule has 0 spiro atoms. The van der Waals surface area contributed by atoms with Gasteiger partial charge in [-0.1, -0.05) is 30.3 Å². The van der Waals surface area contributed by atoms with Crippen LogP contribution in [0.3, 0.4) is 0 Å². The number of aliphatic imine (C=N–C) groups is 1. The molecule has 1 heterocycles. The van der Waals surface area contributed by atoms with Gasteiger partial charge in [-0.05, 0) is 56.9 Å². The Morgan fingerprint density at radius 1 is 1.13 bits per heavy atom. The number of rotatable bonds is 9. The lowest BCUT2D eigenvalue weighted by Crippen LogP contribution is -2.52. The quantitative estimate of drug-likeness (QED) is 0.293. The lowest BCUT2D eigenvalue weighted by atomic mass is 9.97. The Bertz CT molecular complexity index is 659. The van der Waals surface area contributed by atoms with E-state index in [1.54, 1.807) is 0 Å². The largest absolute Gasteiger partial charge is 0.355 e. The summed E-state index contributed by atoms with van der Waals surface area (Å²) in [5.41, 5.74) is 1.41. The average Bonchev–Trinajstić information content (AvgIpc) is 3.63. The number of hydrogen-bond donors (Lipinski definition) is 2. The summed E-state index contributed by atoms with van der Waals surface area (Å²) >= 11 is 0. The van der Waals surface area contributed by atoms with Crippen molar-refractivity contribution in [1.82, 2.24) is 20.4 Å². The van der Waals surface area contributed by atoms with Crippen LogP contribution in [0.2, 0.25) is 0 Å². The summed E-state index contributed by atoms with van der Waals surface area (Å²) in [5.74, 6) is 1.96. The third-order valence-corrected chi connectivity index (χ3v) is 6.75. The molecule has 30 heavy (non-hydrogen) atoms. The van der Waals surface area contributed by atoms with E-state index in [0.29, 0.717) is 12.1 Å². The van der Waals surface area contributed by atoms with Gasteiger partial charge in [-0.3, -0.25) is 14.8 Å². The maximum absolute atomic E-state index is 4.49. The third-order valence-electron chi connectivity index (χ3n) is 6.75.